The molecule has 1 heterocycles. The van der Waals surface area contributed by atoms with Crippen LogP contribution in [-0.4, -0.2) is 46.6 Å². The second-order valence-electron chi connectivity index (χ2n) is 7.74. The minimum Gasteiger partial charge on any atom is -0.494 e. The van der Waals surface area contributed by atoms with Gasteiger partial charge in [0.15, 0.2) is 0 Å². The van der Waals surface area contributed by atoms with Crippen LogP contribution in [0.25, 0.3) is 0 Å². The smallest absolute Gasteiger partial charge is 0.264 e. The minimum atomic E-state index is -3.60. The van der Waals surface area contributed by atoms with E-state index in [4.69, 9.17) is 4.74 Å². The van der Waals surface area contributed by atoms with Crippen molar-refractivity contribution in [3.63, 3.8) is 0 Å². The highest BCUT2D eigenvalue weighted by molar-refractivity contribution is 9.10. The maximum Gasteiger partial charge on any atom is 0.264 e. The van der Waals surface area contributed by atoms with E-state index in [-0.39, 0.29) is 4.90 Å². The Balaban J connectivity index is 1.39. The number of nitrogens with zero attached hydrogens (tertiary/aromatic N) is 2. The van der Waals surface area contributed by atoms with Gasteiger partial charge in [0.2, 0.25) is 0 Å². The molecule has 31 heavy (non-hydrogen) atoms. The summed E-state index contributed by atoms with van der Waals surface area (Å²) >= 11 is 3.33. The van der Waals surface area contributed by atoms with Crippen LogP contribution in [0.2, 0.25) is 0 Å². The lowest BCUT2D eigenvalue weighted by Crippen LogP contribution is -2.28. The molecule has 0 radical (unpaired) electrons. The van der Waals surface area contributed by atoms with Crippen LogP contribution in [0.3, 0.4) is 0 Å². The molecule has 0 saturated heterocycles. The molecule has 1 aliphatic rings. The lowest BCUT2D eigenvalue weighted by atomic mass is 10.1. The lowest BCUT2D eigenvalue weighted by molar-refractivity contribution is 0.281. The molecule has 0 atom stereocenters. The third-order valence-corrected chi connectivity index (χ3v) is 7.78. The molecule has 0 unspecified atom stereocenters. The van der Waals surface area contributed by atoms with E-state index in [2.05, 4.69) is 33.0 Å². The van der Waals surface area contributed by atoms with Crippen molar-refractivity contribution in [2.75, 3.05) is 37.6 Å². The maximum atomic E-state index is 12.8. The van der Waals surface area contributed by atoms with Gasteiger partial charge in [-0.1, -0.05) is 40.9 Å². The van der Waals surface area contributed by atoms with E-state index in [1.807, 2.05) is 12.1 Å². The van der Waals surface area contributed by atoms with Crippen LogP contribution in [0.5, 0.6) is 5.75 Å². The van der Waals surface area contributed by atoms with Crippen molar-refractivity contribution in [2.24, 2.45) is 0 Å². The lowest BCUT2D eigenvalue weighted by Gasteiger charge is -2.22. The molecular formula is C24H31BrN2O3S. The van der Waals surface area contributed by atoms with Gasteiger partial charge in [0.1, 0.15) is 5.75 Å². The number of hydrogen-bond donors (Lipinski definition) is 0. The van der Waals surface area contributed by atoms with Crippen molar-refractivity contribution in [3.05, 3.63) is 65.2 Å². The Bertz CT molecular complexity index is 944. The Morgan fingerprint density at radius 2 is 1.68 bits per heavy atom. The molecule has 1 aliphatic heterocycles. The Morgan fingerprint density at radius 3 is 2.35 bits per heavy atom. The number of anilines is 1. The Labute approximate surface area is 194 Å². The first-order chi connectivity index (χ1) is 15.0. The summed E-state index contributed by atoms with van der Waals surface area (Å²) in [6.45, 7) is 4.15. The zero-order valence-corrected chi connectivity index (χ0v) is 20.4. The van der Waals surface area contributed by atoms with Gasteiger partial charge in [-0.2, -0.15) is 0 Å². The highest BCUT2D eigenvalue weighted by atomic mass is 79.9. The molecule has 3 rings (SSSR count). The largest absolute Gasteiger partial charge is 0.494 e. The van der Waals surface area contributed by atoms with Crippen molar-refractivity contribution >= 4 is 31.6 Å². The molecule has 5 nitrogen and oxygen atoms in total. The molecule has 0 aliphatic carbocycles. The zero-order valence-electron chi connectivity index (χ0n) is 18.0. The predicted molar refractivity (Wildman–Crippen MR) is 130 cm³/mol. The van der Waals surface area contributed by atoms with Gasteiger partial charge in [0.25, 0.3) is 10.0 Å². The molecular weight excluding hydrogens is 476 g/mol. The summed E-state index contributed by atoms with van der Waals surface area (Å²) in [4.78, 5) is 2.77. The summed E-state index contributed by atoms with van der Waals surface area (Å²) in [5, 5.41) is 0. The summed E-state index contributed by atoms with van der Waals surface area (Å²) in [6, 6.07) is 13.8. The third kappa shape index (κ3) is 7.09. The van der Waals surface area contributed by atoms with Gasteiger partial charge >= 0.3 is 0 Å². The fourth-order valence-electron chi connectivity index (χ4n) is 3.53. The van der Waals surface area contributed by atoms with Gasteiger partial charge in [-0.15, -0.1) is 0 Å². The first kappa shape index (κ1) is 23.8. The average Bonchev–Trinajstić information content (AvgIpc) is 2.79. The molecule has 7 heteroatoms. The normalized spacial score (nSPS) is 14.5. The van der Waals surface area contributed by atoms with Crippen LogP contribution in [0.15, 0.2) is 70.1 Å². The first-order valence-electron chi connectivity index (χ1n) is 10.8. The number of halogens is 1. The highest BCUT2D eigenvalue weighted by Gasteiger charge is 2.21. The number of benzene rings is 2. The fraction of sp³-hybridized carbons (Fsp3) is 0.417. The van der Waals surface area contributed by atoms with E-state index in [1.165, 1.54) is 36.7 Å². The van der Waals surface area contributed by atoms with Crippen molar-refractivity contribution in [1.82, 2.24) is 4.90 Å². The Hall–Kier alpha value is -1.83. The predicted octanol–water partition coefficient (Wildman–Crippen LogP) is 5.48. The molecule has 0 saturated carbocycles. The Morgan fingerprint density at radius 1 is 0.968 bits per heavy atom. The second kappa shape index (κ2) is 11.7. The monoisotopic (exact) mass is 506 g/mol. The van der Waals surface area contributed by atoms with E-state index in [1.54, 1.807) is 43.4 Å². The van der Waals surface area contributed by atoms with E-state index < -0.39 is 10.0 Å². The van der Waals surface area contributed by atoms with Gasteiger partial charge in [0, 0.05) is 24.6 Å². The number of sulfonamides is 1. The molecule has 2 aromatic carbocycles. The molecule has 0 amide bonds. The second-order valence-corrected chi connectivity index (χ2v) is 10.6. The summed E-state index contributed by atoms with van der Waals surface area (Å²) in [6.07, 6.45) is 10.4. The van der Waals surface area contributed by atoms with Gasteiger partial charge in [-0.05, 0) is 74.3 Å². The fourth-order valence-corrected chi connectivity index (χ4v) is 4.99. The van der Waals surface area contributed by atoms with Gasteiger partial charge in [0.05, 0.1) is 17.2 Å². The van der Waals surface area contributed by atoms with E-state index in [9.17, 15) is 8.42 Å². The third-order valence-electron chi connectivity index (χ3n) is 5.45. The van der Waals surface area contributed by atoms with Crippen LogP contribution in [0.4, 0.5) is 5.69 Å². The summed E-state index contributed by atoms with van der Waals surface area (Å²) < 4.78 is 33.6. The maximum absolute atomic E-state index is 12.8. The Kier molecular flexibility index (Phi) is 8.99. The number of rotatable bonds is 11. The van der Waals surface area contributed by atoms with Crippen molar-refractivity contribution in [3.8, 4) is 5.75 Å². The van der Waals surface area contributed by atoms with Gasteiger partial charge in [-0.25, -0.2) is 8.42 Å². The summed E-state index contributed by atoms with van der Waals surface area (Å²) in [5.74, 6) is 0.762. The molecule has 0 fully saturated rings. The van der Waals surface area contributed by atoms with Crippen molar-refractivity contribution < 1.29 is 13.2 Å². The van der Waals surface area contributed by atoms with Gasteiger partial charge in [-0.3, -0.25) is 9.21 Å². The number of unbranched alkanes of at least 4 members (excludes halogenated alkanes) is 3. The number of ether oxygens (including phenoxy) is 1. The van der Waals surface area contributed by atoms with Crippen LogP contribution < -0.4 is 9.04 Å². The molecule has 168 valence electrons. The molecule has 0 N–H and O–H groups in total. The van der Waals surface area contributed by atoms with Gasteiger partial charge < -0.3 is 4.74 Å². The highest BCUT2D eigenvalue weighted by Crippen LogP contribution is 2.25. The minimum absolute atomic E-state index is 0.260. The standard InChI is InChI=1S/C24H31BrN2O3S/c1-26(31(28,29)24-15-9-21(25)10-16-24)22-11-13-23(14-12-22)30-20-8-3-2-5-17-27-18-6-4-7-19-27/h4,6,9-16H,2-3,5,7-8,17-20H2,1H3. The number of hydrogen-bond acceptors (Lipinski definition) is 4. The van der Waals surface area contributed by atoms with Crippen molar-refractivity contribution in [2.45, 2.75) is 37.0 Å². The topological polar surface area (TPSA) is 49.9 Å². The molecule has 2 aromatic rings. The summed E-state index contributed by atoms with van der Waals surface area (Å²) in [7, 11) is -2.03. The van der Waals surface area contributed by atoms with Crippen LogP contribution in [-0.2, 0) is 10.0 Å². The first-order valence-corrected chi connectivity index (χ1v) is 13.0. The average molecular weight is 507 g/mol. The van der Waals surface area contributed by atoms with E-state index in [0.29, 0.717) is 12.3 Å². The van der Waals surface area contributed by atoms with Crippen LogP contribution in [0, 0.1) is 0 Å². The SMILES string of the molecule is CN(c1ccc(OCCCCCCN2CC=CCC2)cc1)S(=O)(=O)c1ccc(Br)cc1. The zero-order chi connectivity index (χ0) is 22.1. The van der Waals surface area contributed by atoms with Crippen molar-refractivity contribution in [1.29, 1.82) is 0 Å². The molecule has 0 spiro atoms. The van der Waals surface area contributed by atoms with Crippen LogP contribution in [0.1, 0.15) is 32.1 Å². The summed E-state index contributed by atoms with van der Waals surface area (Å²) in [5.41, 5.74) is 0.600. The quantitative estimate of drug-likeness (QED) is 0.299. The molecule has 0 aromatic heterocycles. The van der Waals surface area contributed by atoms with Crippen LogP contribution >= 0.6 is 15.9 Å². The molecule has 0 bridgehead atoms. The van der Waals surface area contributed by atoms with E-state index in [0.717, 1.165) is 29.6 Å². The van der Waals surface area contributed by atoms with E-state index >= 15 is 0 Å².